The van der Waals surface area contributed by atoms with Gasteiger partial charge in [-0.1, -0.05) is 0 Å². The Bertz CT molecular complexity index is 678. The first-order valence-electron chi connectivity index (χ1n) is 6.15. The summed E-state index contributed by atoms with van der Waals surface area (Å²) in [6, 6.07) is 0. The van der Waals surface area contributed by atoms with E-state index >= 15 is 0 Å². The molecule has 2 aromatic rings. The van der Waals surface area contributed by atoms with Crippen LogP contribution in [0.15, 0.2) is 12.5 Å². The molecule has 0 aliphatic carbocycles. The number of carboxylic acid groups (broad SMARTS) is 1. The minimum atomic E-state index is -1.11. The zero-order valence-corrected chi connectivity index (χ0v) is 12.4. The molecule has 0 aliphatic heterocycles. The zero-order chi connectivity index (χ0) is 15.6. The molecule has 2 aromatic heterocycles. The quantitative estimate of drug-likeness (QED) is 0.835. The van der Waals surface area contributed by atoms with Crippen molar-refractivity contribution in [3.63, 3.8) is 0 Å². The van der Waals surface area contributed by atoms with Gasteiger partial charge >= 0.3 is 5.97 Å². The molecule has 0 aromatic carbocycles. The predicted molar refractivity (Wildman–Crippen MR) is 77.8 cm³/mol. The Morgan fingerprint density at radius 2 is 2.24 bits per heavy atom. The van der Waals surface area contributed by atoms with Crippen LogP contribution < -0.4 is 10.6 Å². The molecule has 21 heavy (non-hydrogen) atoms. The maximum atomic E-state index is 12.4. The highest BCUT2D eigenvalue weighted by atomic mass is 32.1. The standard InChI is InChI=1S/C12H15N5O3S/c1-7-9(12(19)20)11(21-15-7)16(2)10(18)8-5-17(4-3-13)6-14-8/h5-6H,3-4,13H2,1-2H3,(H,19,20). The van der Waals surface area contributed by atoms with Gasteiger partial charge in [0.05, 0.1) is 12.0 Å². The molecule has 0 spiro atoms. The van der Waals surface area contributed by atoms with Crippen molar-refractivity contribution in [2.45, 2.75) is 13.5 Å². The molecule has 0 saturated heterocycles. The Balaban J connectivity index is 2.28. The van der Waals surface area contributed by atoms with Crippen LogP contribution in [0.2, 0.25) is 0 Å². The number of anilines is 1. The number of rotatable bonds is 5. The second-order valence-corrected chi connectivity index (χ2v) is 5.15. The maximum absolute atomic E-state index is 12.4. The fraction of sp³-hybridized carbons (Fsp3) is 0.333. The lowest BCUT2D eigenvalue weighted by molar-refractivity contribution is 0.0697. The SMILES string of the molecule is Cc1nsc(N(C)C(=O)c2cn(CCN)cn2)c1C(=O)O. The smallest absolute Gasteiger partial charge is 0.340 e. The lowest BCUT2D eigenvalue weighted by atomic mass is 10.2. The van der Waals surface area contributed by atoms with Crippen molar-refractivity contribution in [3.8, 4) is 0 Å². The van der Waals surface area contributed by atoms with Gasteiger partial charge in [0.1, 0.15) is 16.3 Å². The summed E-state index contributed by atoms with van der Waals surface area (Å²) in [4.78, 5) is 28.9. The summed E-state index contributed by atoms with van der Waals surface area (Å²) in [7, 11) is 1.50. The van der Waals surface area contributed by atoms with Gasteiger partial charge in [0.2, 0.25) is 0 Å². The van der Waals surface area contributed by atoms with Gasteiger partial charge in [-0.15, -0.1) is 0 Å². The Labute approximate surface area is 125 Å². The summed E-state index contributed by atoms with van der Waals surface area (Å²) in [5.41, 5.74) is 6.09. The van der Waals surface area contributed by atoms with Gasteiger partial charge < -0.3 is 15.4 Å². The first kappa shape index (κ1) is 15.1. The Kier molecular flexibility index (Phi) is 4.34. The third kappa shape index (κ3) is 2.93. The fourth-order valence-electron chi connectivity index (χ4n) is 1.84. The molecular weight excluding hydrogens is 294 g/mol. The average Bonchev–Trinajstić information content (AvgIpc) is 3.04. The van der Waals surface area contributed by atoms with E-state index in [2.05, 4.69) is 9.36 Å². The van der Waals surface area contributed by atoms with Crippen LogP contribution in [0, 0.1) is 6.92 Å². The molecule has 0 bridgehead atoms. The highest BCUT2D eigenvalue weighted by Gasteiger charge is 2.25. The van der Waals surface area contributed by atoms with Crippen molar-refractivity contribution in [1.29, 1.82) is 0 Å². The first-order valence-corrected chi connectivity index (χ1v) is 6.92. The minimum absolute atomic E-state index is 0.0391. The highest BCUT2D eigenvalue weighted by Crippen LogP contribution is 2.28. The Hall–Kier alpha value is -2.26. The summed E-state index contributed by atoms with van der Waals surface area (Å²) in [6.07, 6.45) is 3.10. The van der Waals surface area contributed by atoms with Crippen LogP contribution in [0.3, 0.4) is 0 Å². The molecule has 112 valence electrons. The number of hydrogen-bond acceptors (Lipinski definition) is 6. The molecule has 2 rings (SSSR count). The number of aromatic carboxylic acids is 1. The number of carboxylic acids is 1. The number of nitrogens with zero attached hydrogens (tertiary/aromatic N) is 4. The van der Waals surface area contributed by atoms with E-state index in [1.165, 1.54) is 18.3 Å². The number of amides is 1. The van der Waals surface area contributed by atoms with E-state index < -0.39 is 11.9 Å². The monoisotopic (exact) mass is 309 g/mol. The molecule has 3 N–H and O–H groups in total. The molecule has 0 unspecified atom stereocenters. The van der Waals surface area contributed by atoms with Gasteiger partial charge in [-0.25, -0.2) is 9.78 Å². The van der Waals surface area contributed by atoms with E-state index in [4.69, 9.17) is 5.73 Å². The van der Waals surface area contributed by atoms with Crippen LogP contribution in [-0.2, 0) is 6.54 Å². The van der Waals surface area contributed by atoms with Gasteiger partial charge in [0, 0.05) is 26.3 Å². The maximum Gasteiger partial charge on any atom is 0.340 e. The number of carbonyl (C=O) groups excluding carboxylic acids is 1. The van der Waals surface area contributed by atoms with Crippen LogP contribution in [0.5, 0.6) is 0 Å². The van der Waals surface area contributed by atoms with E-state index in [-0.39, 0.29) is 11.3 Å². The Morgan fingerprint density at radius 1 is 1.52 bits per heavy atom. The zero-order valence-electron chi connectivity index (χ0n) is 11.6. The summed E-state index contributed by atoms with van der Waals surface area (Å²) < 4.78 is 5.70. The molecule has 8 nitrogen and oxygen atoms in total. The molecule has 0 atom stereocenters. The topological polar surface area (TPSA) is 114 Å². The number of hydrogen-bond donors (Lipinski definition) is 2. The van der Waals surface area contributed by atoms with Gasteiger partial charge in [0.25, 0.3) is 5.91 Å². The molecule has 0 radical (unpaired) electrons. The van der Waals surface area contributed by atoms with Crippen molar-refractivity contribution in [2.24, 2.45) is 5.73 Å². The van der Waals surface area contributed by atoms with E-state index in [0.29, 0.717) is 23.8 Å². The molecule has 2 heterocycles. The number of imidazole rings is 1. The third-order valence-electron chi connectivity index (χ3n) is 2.91. The van der Waals surface area contributed by atoms with Gasteiger partial charge in [-0.3, -0.25) is 9.69 Å². The van der Waals surface area contributed by atoms with E-state index in [9.17, 15) is 14.7 Å². The first-order chi connectivity index (χ1) is 9.95. The second kappa shape index (κ2) is 6.02. The lowest BCUT2D eigenvalue weighted by Gasteiger charge is -2.14. The highest BCUT2D eigenvalue weighted by molar-refractivity contribution is 7.11. The van der Waals surface area contributed by atoms with E-state index in [1.54, 1.807) is 17.7 Å². The van der Waals surface area contributed by atoms with Crippen molar-refractivity contribution in [2.75, 3.05) is 18.5 Å². The van der Waals surface area contributed by atoms with Crippen LogP contribution >= 0.6 is 11.5 Å². The number of aryl methyl sites for hydroxylation is 1. The largest absolute Gasteiger partial charge is 0.478 e. The van der Waals surface area contributed by atoms with Crippen molar-refractivity contribution < 1.29 is 14.7 Å². The van der Waals surface area contributed by atoms with Crippen LogP contribution in [0.1, 0.15) is 26.5 Å². The predicted octanol–water partition coefficient (Wildman–Crippen LogP) is 0.582. The van der Waals surface area contributed by atoms with E-state index in [1.807, 2.05) is 0 Å². The fourth-order valence-corrected chi connectivity index (χ4v) is 2.69. The molecule has 0 saturated carbocycles. The molecule has 1 amide bonds. The van der Waals surface area contributed by atoms with Gasteiger partial charge in [-0.2, -0.15) is 4.37 Å². The van der Waals surface area contributed by atoms with E-state index in [0.717, 1.165) is 11.5 Å². The minimum Gasteiger partial charge on any atom is -0.478 e. The van der Waals surface area contributed by atoms with Gasteiger partial charge in [-0.05, 0) is 18.5 Å². The van der Waals surface area contributed by atoms with Crippen molar-refractivity contribution in [3.05, 3.63) is 29.5 Å². The van der Waals surface area contributed by atoms with Crippen molar-refractivity contribution >= 4 is 28.4 Å². The molecule has 0 aliphatic rings. The van der Waals surface area contributed by atoms with Crippen LogP contribution in [-0.4, -0.2) is 44.5 Å². The normalized spacial score (nSPS) is 10.6. The second-order valence-electron chi connectivity index (χ2n) is 4.40. The van der Waals surface area contributed by atoms with Crippen molar-refractivity contribution in [1.82, 2.24) is 13.9 Å². The van der Waals surface area contributed by atoms with Crippen LogP contribution in [0.25, 0.3) is 0 Å². The summed E-state index contributed by atoms with van der Waals surface area (Å²) >= 11 is 0.972. The summed E-state index contributed by atoms with van der Waals surface area (Å²) in [5, 5.41) is 9.50. The average molecular weight is 309 g/mol. The third-order valence-corrected chi connectivity index (χ3v) is 3.92. The number of carbonyl (C=O) groups is 2. The summed E-state index contributed by atoms with van der Waals surface area (Å²) in [6.45, 7) is 2.60. The number of nitrogens with two attached hydrogens (primary N) is 1. The van der Waals surface area contributed by atoms with Gasteiger partial charge in [0.15, 0.2) is 0 Å². The molecular formula is C12H15N5O3S. The summed E-state index contributed by atoms with van der Waals surface area (Å²) in [5.74, 6) is -1.50. The molecule has 0 fully saturated rings. The Morgan fingerprint density at radius 3 is 2.86 bits per heavy atom. The molecule has 9 heteroatoms. The number of aromatic nitrogens is 3. The van der Waals surface area contributed by atoms with Crippen LogP contribution in [0.4, 0.5) is 5.00 Å². The lowest BCUT2D eigenvalue weighted by Crippen LogP contribution is -2.27.